The Morgan fingerprint density at radius 2 is 1.50 bits per heavy atom. The third kappa shape index (κ3) is 6.87. The number of nitrogens with one attached hydrogen (secondary N) is 2. The molecule has 0 aliphatic carbocycles. The summed E-state index contributed by atoms with van der Waals surface area (Å²) >= 11 is 0. The molecule has 0 bridgehead atoms. The van der Waals surface area contributed by atoms with Gasteiger partial charge in [0, 0.05) is 0 Å². The van der Waals surface area contributed by atoms with Gasteiger partial charge in [0.2, 0.25) is 5.91 Å². The van der Waals surface area contributed by atoms with Gasteiger partial charge in [-0.05, 0) is 23.5 Å². The van der Waals surface area contributed by atoms with Gasteiger partial charge in [-0.1, -0.05) is 74.5 Å². The molecule has 0 aromatic heterocycles. The molecule has 0 spiro atoms. The Morgan fingerprint density at radius 3 is 2.04 bits per heavy atom. The second kappa shape index (κ2) is 10.9. The molecule has 6 nitrogen and oxygen atoms in total. The number of carbonyl (C=O) groups is 3. The molecule has 2 N–H and O–H groups in total. The number of carbonyl (C=O) groups excluding carboxylic acids is 3. The van der Waals surface area contributed by atoms with Crippen molar-refractivity contribution in [1.29, 1.82) is 0 Å². The number of hydrogen-bond donors (Lipinski definition) is 2. The Balaban J connectivity index is 1.90. The van der Waals surface area contributed by atoms with E-state index in [2.05, 4.69) is 10.6 Å². The van der Waals surface area contributed by atoms with E-state index in [9.17, 15) is 14.4 Å². The van der Waals surface area contributed by atoms with Gasteiger partial charge in [0.1, 0.15) is 18.9 Å². The van der Waals surface area contributed by atoms with Crippen molar-refractivity contribution >= 4 is 18.3 Å². The number of amides is 2. The fourth-order valence-corrected chi connectivity index (χ4v) is 2.70. The molecule has 0 aliphatic heterocycles. The van der Waals surface area contributed by atoms with Crippen LogP contribution in [0.1, 0.15) is 25.0 Å². The highest BCUT2D eigenvalue weighted by molar-refractivity contribution is 5.87. The average molecular weight is 382 g/mol. The molecule has 0 saturated carbocycles. The van der Waals surface area contributed by atoms with E-state index in [0.29, 0.717) is 12.7 Å². The van der Waals surface area contributed by atoms with Crippen molar-refractivity contribution in [3.05, 3.63) is 71.8 Å². The van der Waals surface area contributed by atoms with Gasteiger partial charge in [0.25, 0.3) is 0 Å². The largest absolute Gasteiger partial charge is 0.445 e. The van der Waals surface area contributed by atoms with Crippen LogP contribution in [-0.2, 0) is 27.4 Å². The number of aldehydes is 1. The highest BCUT2D eigenvalue weighted by Gasteiger charge is 2.26. The number of alkyl carbamates (subject to hydrolysis) is 1. The summed E-state index contributed by atoms with van der Waals surface area (Å²) in [5.74, 6) is -0.590. The van der Waals surface area contributed by atoms with Crippen LogP contribution in [0.15, 0.2) is 60.7 Å². The summed E-state index contributed by atoms with van der Waals surface area (Å²) in [5.41, 5.74) is 1.79. The predicted octanol–water partition coefficient (Wildman–Crippen LogP) is 2.86. The maximum atomic E-state index is 12.6. The number of ether oxygens (including phenoxy) is 1. The van der Waals surface area contributed by atoms with Gasteiger partial charge in [-0.25, -0.2) is 4.79 Å². The second-order valence-corrected chi connectivity index (χ2v) is 6.87. The fourth-order valence-electron chi connectivity index (χ4n) is 2.70. The first-order valence-corrected chi connectivity index (χ1v) is 9.26. The third-order valence-electron chi connectivity index (χ3n) is 4.23. The Morgan fingerprint density at radius 1 is 0.929 bits per heavy atom. The first-order valence-electron chi connectivity index (χ1n) is 9.26. The Kier molecular flexibility index (Phi) is 8.21. The van der Waals surface area contributed by atoms with Crippen molar-refractivity contribution < 1.29 is 19.1 Å². The average Bonchev–Trinajstić information content (AvgIpc) is 2.71. The van der Waals surface area contributed by atoms with E-state index in [-0.39, 0.29) is 12.5 Å². The molecule has 0 saturated heterocycles. The summed E-state index contributed by atoms with van der Waals surface area (Å²) in [6.45, 7) is 3.74. The molecule has 2 amide bonds. The molecule has 0 fully saturated rings. The number of rotatable bonds is 9. The van der Waals surface area contributed by atoms with Crippen LogP contribution in [-0.4, -0.2) is 30.4 Å². The van der Waals surface area contributed by atoms with Gasteiger partial charge in [0.15, 0.2) is 0 Å². The van der Waals surface area contributed by atoms with Gasteiger partial charge >= 0.3 is 6.09 Å². The minimum absolute atomic E-state index is 0.115. The number of hydrogen-bond acceptors (Lipinski definition) is 4. The SMILES string of the molecule is CC(C)[C@H](NC(=O)OCc1ccccc1)C(=O)N[C@@H](C=O)Cc1ccccc1. The van der Waals surface area contributed by atoms with Crippen LogP contribution in [0.25, 0.3) is 0 Å². The van der Waals surface area contributed by atoms with E-state index in [4.69, 9.17) is 4.74 Å². The van der Waals surface area contributed by atoms with E-state index in [1.807, 2.05) is 74.5 Å². The monoisotopic (exact) mass is 382 g/mol. The molecule has 6 heteroatoms. The molecule has 0 unspecified atom stereocenters. The van der Waals surface area contributed by atoms with Crippen LogP contribution < -0.4 is 10.6 Å². The molecule has 2 aromatic rings. The lowest BCUT2D eigenvalue weighted by Gasteiger charge is -2.23. The van der Waals surface area contributed by atoms with Gasteiger partial charge in [-0.15, -0.1) is 0 Å². The Hall–Kier alpha value is -3.15. The lowest BCUT2D eigenvalue weighted by atomic mass is 10.0. The van der Waals surface area contributed by atoms with E-state index in [1.54, 1.807) is 0 Å². The molecule has 28 heavy (non-hydrogen) atoms. The van der Waals surface area contributed by atoms with E-state index in [1.165, 1.54) is 0 Å². The van der Waals surface area contributed by atoms with Crippen molar-refractivity contribution in [1.82, 2.24) is 10.6 Å². The zero-order chi connectivity index (χ0) is 20.4. The van der Waals surface area contributed by atoms with E-state index in [0.717, 1.165) is 11.1 Å². The predicted molar refractivity (Wildman–Crippen MR) is 107 cm³/mol. The molecule has 2 rings (SSSR count). The molecular formula is C22H26N2O4. The summed E-state index contributed by atoms with van der Waals surface area (Å²) in [7, 11) is 0. The van der Waals surface area contributed by atoms with Crippen molar-refractivity contribution in [2.24, 2.45) is 5.92 Å². The van der Waals surface area contributed by atoms with E-state index < -0.39 is 24.1 Å². The van der Waals surface area contributed by atoms with Crippen LogP contribution >= 0.6 is 0 Å². The highest BCUT2D eigenvalue weighted by atomic mass is 16.5. The molecule has 0 heterocycles. The summed E-state index contributed by atoms with van der Waals surface area (Å²) in [5, 5.41) is 5.29. The molecule has 148 valence electrons. The lowest BCUT2D eigenvalue weighted by Crippen LogP contribution is -2.52. The van der Waals surface area contributed by atoms with Crippen molar-refractivity contribution in [2.75, 3.05) is 0 Å². The van der Waals surface area contributed by atoms with Crippen LogP contribution in [0.4, 0.5) is 4.79 Å². The smallest absolute Gasteiger partial charge is 0.408 e. The Bertz CT molecular complexity index is 763. The summed E-state index contributed by atoms with van der Waals surface area (Å²) < 4.78 is 5.19. The van der Waals surface area contributed by atoms with E-state index >= 15 is 0 Å². The van der Waals surface area contributed by atoms with Crippen LogP contribution in [0.3, 0.4) is 0 Å². The first kappa shape index (κ1) is 21.2. The zero-order valence-electron chi connectivity index (χ0n) is 16.1. The summed E-state index contributed by atoms with van der Waals surface area (Å²) in [6.07, 6.45) is 0.415. The Labute approximate surface area is 165 Å². The summed E-state index contributed by atoms with van der Waals surface area (Å²) in [6, 6.07) is 17.2. The van der Waals surface area contributed by atoms with Crippen molar-refractivity contribution in [3.63, 3.8) is 0 Å². The minimum Gasteiger partial charge on any atom is -0.445 e. The van der Waals surface area contributed by atoms with Crippen LogP contribution in [0.2, 0.25) is 0 Å². The first-order chi connectivity index (χ1) is 13.5. The van der Waals surface area contributed by atoms with Crippen molar-refractivity contribution in [3.8, 4) is 0 Å². The molecule has 0 radical (unpaired) electrons. The number of benzene rings is 2. The van der Waals surface area contributed by atoms with Crippen molar-refractivity contribution in [2.45, 2.75) is 39.0 Å². The maximum Gasteiger partial charge on any atom is 0.408 e. The molecule has 0 aliphatic rings. The van der Waals surface area contributed by atoms with Gasteiger partial charge in [-0.3, -0.25) is 4.79 Å². The topological polar surface area (TPSA) is 84.5 Å². The minimum atomic E-state index is -0.804. The lowest BCUT2D eigenvalue weighted by molar-refractivity contribution is -0.126. The van der Waals surface area contributed by atoms with Gasteiger partial charge in [0.05, 0.1) is 6.04 Å². The fraction of sp³-hybridized carbons (Fsp3) is 0.318. The quantitative estimate of drug-likeness (QED) is 0.653. The van der Waals surface area contributed by atoms with Crippen LogP contribution in [0, 0.1) is 5.92 Å². The van der Waals surface area contributed by atoms with Gasteiger partial charge < -0.3 is 20.2 Å². The second-order valence-electron chi connectivity index (χ2n) is 6.87. The third-order valence-corrected chi connectivity index (χ3v) is 4.23. The molecule has 2 atom stereocenters. The highest BCUT2D eigenvalue weighted by Crippen LogP contribution is 2.07. The van der Waals surface area contributed by atoms with Gasteiger partial charge in [-0.2, -0.15) is 0 Å². The maximum absolute atomic E-state index is 12.6. The normalized spacial score (nSPS) is 12.7. The molecular weight excluding hydrogens is 356 g/mol. The zero-order valence-corrected chi connectivity index (χ0v) is 16.1. The van der Waals surface area contributed by atoms with Crippen LogP contribution in [0.5, 0.6) is 0 Å². The molecule has 2 aromatic carbocycles. The standard InChI is InChI=1S/C22H26N2O4/c1-16(2)20(24-22(27)28-15-18-11-7-4-8-12-18)21(26)23-19(14-25)13-17-9-5-3-6-10-17/h3-12,14,16,19-20H,13,15H2,1-2H3,(H,23,26)(H,24,27)/t19-,20+/m1/s1. The summed E-state index contributed by atoms with van der Waals surface area (Å²) in [4.78, 5) is 36.1.